The topological polar surface area (TPSA) is 102 Å². The molecule has 0 unspecified atom stereocenters. The van der Waals surface area contributed by atoms with Crippen molar-refractivity contribution in [1.29, 1.82) is 0 Å². The van der Waals surface area contributed by atoms with E-state index in [0.29, 0.717) is 22.6 Å². The van der Waals surface area contributed by atoms with Crippen LogP contribution >= 0.6 is 11.8 Å². The van der Waals surface area contributed by atoms with E-state index in [-0.39, 0.29) is 24.1 Å². The lowest BCUT2D eigenvalue weighted by Gasteiger charge is -2.16. The summed E-state index contributed by atoms with van der Waals surface area (Å²) in [5.41, 5.74) is 0.648. The van der Waals surface area contributed by atoms with Crippen molar-refractivity contribution in [1.82, 2.24) is 25.1 Å². The molecule has 10 heteroatoms. The summed E-state index contributed by atoms with van der Waals surface area (Å²) in [4.78, 5) is 25.7. The van der Waals surface area contributed by atoms with E-state index in [1.54, 1.807) is 43.1 Å². The SMILES string of the molecule is COc1ccc(NC(=O)CN(C)C(=O)CSc2nnnn2C2CC2)cc1. The van der Waals surface area contributed by atoms with Crippen molar-refractivity contribution in [2.75, 3.05) is 31.8 Å². The average molecular weight is 376 g/mol. The van der Waals surface area contributed by atoms with Crippen molar-refractivity contribution in [2.24, 2.45) is 0 Å². The smallest absolute Gasteiger partial charge is 0.243 e. The van der Waals surface area contributed by atoms with Crippen LogP contribution in [0.4, 0.5) is 5.69 Å². The second-order valence-corrected chi connectivity index (χ2v) is 6.89. The lowest BCUT2D eigenvalue weighted by atomic mass is 10.3. The van der Waals surface area contributed by atoms with Gasteiger partial charge in [0.15, 0.2) is 0 Å². The van der Waals surface area contributed by atoms with E-state index in [1.165, 1.54) is 16.7 Å². The maximum atomic E-state index is 12.2. The molecule has 3 rings (SSSR count). The maximum absolute atomic E-state index is 12.2. The lowest BCUT2D eigenvalue weighted by molar-refractivity contribution is -0.131. The van der Waals surface area contributed by atoms with Gasteiger partial charge in [-0.3, -0.25) is 9.59 Å². The third kappa shape index (κ3) is 4.72. The van der Waals surface area contributed by atoms with E-state index >= 15 is 0 Å². The monoisotopic (exact) mass is 376 g/mol. The summed E-state index contributed by atoms with van der Waals surface area (Å²) in [7, 11) is 3.18. The summed E-state index contributed by atoms with van der Waals surface area (Å²) in [5, 5.41) is 14.9. The number of hydrogen-bond acceptors (Lipinski definition) is 7. The first kappa shape index (κ1) is 18.2. The zero-order valence-corrected chi connectivity index (χ0v) is 15.4. The minimum Gasteiger partial charge on any atom is -0.497 e. The van der Waals surface area contributed by atoms with Crippen LogP contribution in [0.1, 0.15) is 18.9 Å². The van der Waals surface area contributed by atoms with Crippen LogP contribution in [0.3, 0.4) is 0 Å². The molecular weight excluding hydrogens is 356 g/mol. The van der Waals surface area contributed by atoms with Gasteiger partial charge in [-0.1, -0.05) is 11.8 Å². The summed E-state index contributed by atoms with van der Waals surface area (Å²) in [6, 6.07) is 7.35. The number of tetrazole rings is 1. The van der Waals surface area contributed by atoms with Crippen molar-refractivity contribution < 1.29 is 14.3 Å². The van der Waals surface area contributed by atoms with Crippen molar-refractivity contribution >= 4 is 29.3 Å². The molecule has 1 aliphatic rings. The van der Waals surface area contributed by atoms with E-state index in [9.17, 15) is 9.59 Å². The Hall–Kier alpha value is -2.62. The summed E-state index contributed by atoms with van der Waals surface area (Å²) in [5.74, 6) is 0.462. The fraction of sp³-hybridized carbons (Fsp3) is 0.438. The molecule has 1 N–H and O–H groups in total. The number of carbonyl (C=O) groups is 2. The third-order valence-corrected chi connectivity index (χ3v) is 4.78. The van der Waals surface area contributed by atoms with Gasteiger partial charge in [0.2, 0.25) is 17.0 Å². The molecule has 138 valence electrons. The predicted molar refractivity (Wildman–Crippen MR) is 96.1 cm³/mol. The highest BCUT2D eigenvalue weighted by molar-refractivity contribution is 7.99. The number of amides is 2. The van der Waals surface area contributed by atoms with Crippen molar-refractivity contribution in [3.63, 3.8) is 0 Å². The minimum absolute atomic E-state index is 0.0288. The maximum Gasteiger partial charge on any atom is 0.243 e. The Bertz CT molecular complexity index is 775. The van der Waals surface area contributed by atoms with Crippen LogP contribution in [0.15, 0.2) is 29.4 Å². The molecule has 1 fully saturated rings. The van der Waals surface area contributed by atoms with Gasteiger partial charge < -0.3 is 15.0 Å². The van der Waals surface area contributed by atoms with Gasteiger partial charge in [0.05, 0.1) is 25.4 Å². The molecule has 1 aromatic heterocycles. The zero-order valence-electron chi connectivity index (χ0n) is 14.6. The first-order valence-electron chi connectivity index (χ1n) is 8.15. The summed E-state index contributed by atoms with van der Waals surface area (Å²) in [6.45, 7) is -0.0288. The average Bonchev–Trinajstić information content (AvgIpc) is 3.38. The van der Waals surface area contributed by atoms with E-state index in [1.807, 2.05) is 0 Å². The molecule has 1 heterocycles. The molecule has 1 aromatic carbocycles. The van der Waals surface area contributed by atoms with Gasteiger partial charge in [-0.15, -0.1) is 5.10 Å². The molecule has 2 aromatic rings. The number of benzene rings is 1. The highest BCUT2D eigenvalue weighted by atomic mass is 32.2. The van der Waals surface area contributed by atoms with Gasteiger partial charge in [0.25, 0.3) is 0 Å². The molecule has 0 saturated heterocycles. The molecule has 9 nitrogen and oxygen atoms in total. The van der Waals surface area contributed by atoms with E-state index in [2.05, 4.69) is 20.8 Å². The Morgan fingerprint density at radius 2 is 2.08 bits per heavy atom. The number of thioether (sulfide) groups is 1. The number of hydrogen-bond donors (Lipinski definition) is 1. The zero-order chi connectivity index (χ0) is 18.5. The number of methoxy groups -OCH3 is 1. The molecule has 1 aliphatic carbocycles. The van der Waals surface area contributed by atoms with Crippen LogP contribution in [0.5, 0.6) is 5.75 Å². The molecule has 0 atom stereocenters. The first-order chi connectivity index (χ1) is 12.6. The van der Waals surface area contributed by atoms with E-state index in [4.69, 9.17) is 4.74 Å². The molecule has 2 amide bonds. The normalized spacial score (nSPS) is 13.3. The second-order valence-electron chi connectivity index (χ2n) is 5.95. The molecule has 26 heavy (non-hydrogen) atoms. The number of ether oxygens (including phenoxy) is 1. The Balaban J connectivity index is 1.45. The van der Waals surface area contributed by atoms with Crippen molar-refractivity contribution in [3.8, 4) is 5.75 Å². The Morgan fingerprint density at radius 1 is 1.35 bits per heavy atom. The number of aromatic nitrogens is 4. The molecule has 1 saturated carbocycles. The van der Waals surface area contributed by atoms with Crippen LogP contribution < -0.4 is 10.1 Å². The Kier molecular flexibility index (Phi) is 5.71. The number of nitrogens with one attached hydrogen (secondary N) is 1. The van der Waals surface area contributed by atoms with Gasteiger partial charge in [-0.05, 0) is 47.5 Å². The Morgan fingerprint density at radius 3 is 2.73 bits per heavy atom. The van der Waals surface area contributed by atoms with Gasteiger partial charge in [-0.2, -0.15) is 0 Å². The molecule has 0 aliphatic heterocycles. The van der Waals surface area contributed by atoms with Gasteiger partial charge in [0.1, 0.15) is 5.75 Å². The molecular formula is C16H20N6O3S. The van der Waals surface area contributed by atoms with Crippen LogP contribution in [0.25, 0.3) is 0 Å². The van der Waals surface area contributed by atoms with E-state index < -0.39 is 0 Å². The second kappa shape index (κ2) is 8.17. The van der Waals surface area contributed by atoms with Crippen LogP contribution in [0.2, 0.25) is 0 Å². The van der Waals surface area contributed by atoms with Crippen molar-refractivity contribution in [2.45, 2.75) is 24.0 Å². The van der Waals surface area contributed by atoms with Crippen LogP contribution in [-0.4, -0.2) is 63.4 Å². The van der Waals surface area contributed by atoms with Gasteiger partial charge in [-0.25, -0.2) is 4.68 Å². The third-order valence-electron chi connectivity index (χ3n) is 3.86. The minimum atomic E-state index is -0.265. The number of carbonyl (C=O) groups excluding carboxylic acids is 2. The largest absolute Gasteiger partial charge is 0.497 e. The van der Waals surface area contributed by atoms with Crippen LogP contribution in [0, 0.1) is 0 Å². The predicted octanol–water partition coefficient (Wildman–Crippen LogP) is 1.21. The summed E-state index contributed by atoms with van der Waals surface area (Å²) in [6.07, 6.45) is 2.13. The number of anilines is 1. The molecule has 0 radical (unpaired) electrons. The number of rotatable bonds is 8. The molecule has 0 bridgehead atoms. The highest BCUT2D eigenvalue weighted by Crippen LogP contribution is 2.36. The number of likely N-dealkylation sites (N-methyl/N-ethyl adjacent to an activating group) is 1. The van der Waals surface area contributed by atoms with Gasteiger partial charge >= 0.3 is 0 Å². The highest BCUT2D eigenvalue weighted by Gasteiger charge is 2.28. The fourth-order valence-electron chi connectivity index (χ4n) is 2.24. The van der Waals surface area contributed by atoms with Crippen molar-refractivity contribution in [3.05, 3.63) is 24.3 Å². The summed E-state index contributed by atoms with van der Waals surface area (Å²) >= 11 is 1.28. The summed E-state index contributed by atoms with van der Waals surface area (Å²) < 4.78 is 6.83. The fourth-order valence-corrected chi connectivity index (χ4v) is 3.13. The first-order valence-corrected chi connectivity index (χ1v) is 9.14. The van der Waals surface area contributed by atoms with Crippen LogP contribution in [-0.2, 0) is 9.59 Å². The van der Waals surface area contributed by atoms with E-state index in [0.717, 1.165) is 12.8 Å². The standard InChI is InChI=1S/C16H20N6O3S/c1-21(9-14(23)17-11-3-7-13(25-2)8-4-11)15(24)10-26-16-18-19-20-22(16)12-5-6-12/h3-4,7-8,12H,5-6,9-10H2,1-2H3,(H,17,23). The lowest BCUT2D eigenvalue weighted by Crippen LogP contribution is -2.36. The van der Waals surface area contributed by atoms with Gasteiger partial charge in [0, 0.05) is 12.7 Å². The number of nitrogens with zero attached hydrogens (tertiary/aromatic N) is 5. The Labute approximate surface area is 155 Å². The molecule has 0 spiro atoms. The quantitative estimate of drug-likeness (QED) is 0.691.